The Bertz CT molecular complexity index is 2340. The van der Waals surface area contributed by atoms with Gasteiger partial charge in [0, 0.05) is 41.8 Å². The lowest BCUT2D eigenvalue weighted by molar-refractivity contribution is -0.463. The van der Waals surface area contributed by atoms with Crippen LogP contribution in [0.3, 0.4) is 0 Å². The van der Waals surface area contributed by atoms with E-state index in [4.69, 9.17) is 55.9 Å². The molecule has 432 valence electrons. The monoisotopic (exact) mass is 1190 g/mol. The van der Waals surface area contributed by atoms with E-state index < -0.39 is 0 Å². The second kappa shape index (κ2) is 27.8. The molecule has 4 saturated carbocycles. The van der Waals surface area contributed by atoms with E-state index in [0.29, 0.717) is 11.8 Å². The Morgan fingerprint density at radius 1 is 0.449 bits per heavy atom. The minimum Gasteiger partial charge on any atom is -1.00 e. The van der Waals surface area contributed by atoms with Crippen molar-refractivity contribution >= 4 is 58.6 Å². The van der Waals surface area contributed by atoms with Gasteiger partial charge in [-0.15, -0.1) is 0 Å². The topological polar surface area (TPSA) is 172 Å². The summed E-state index contributed by atoms with van der Waals surface area (Å²) < 4.78 is 11.0. The van der Waals surface area contributed by atoms with Gasteiger partial charge in [0.05, 0.1) is 12.1 Å². The second-order valence-corrected chi connectivity index (χ2v) is 26.0. The van der Waals surface area contributed by atoms with Crippen molar-refractivity contribution in [3.05, 3.63) is 139 Å². The summed E-state index contributed by atoms with van der Waals surface area (Å²) in [5, 5.41) is 29.8. The summed E-state index contributed by atoms with van der Waals surface area (Å²) in [5.74, 6) is 1.11. The number of aliphatic hydroxyl groups excluding tert-OH is 2. The van der Waals surface area contributed by atoms with E-state index in [0.717, 1.165) is 71.5 Å². The van der Waals surface area contributed by atoms with Gasteiger partial charge in [-0.2, -0.15) is 0 Å². The van der Waals surface area contributed by atoms with Crippen LogP contribution in [0, 0.1) is 23.7 Å². The molecule has 0 bridgehead atoms. The highest BCUT2D eigenvalue weighted by molar-refractivity contribution is 6.31. The molecule has 78 heavy (non-hydrogen) atoms. The van der Waals surface area contributed by atoms with Gasteiger partial charge in [-0.3, -0.25) is 0 Å². The van der Waals surface area contributed by atoms with E-state index in [1.54, 1.807) is 0 Å². The molecule has 2 amide bonds. The first-order chi connectivity index (χ1) is 36.0. The minimum absolute atomic E-state index is 0. The van der Waals surface area contributed by atoms with Crippen molar-refractivity contribution in [1.29, 1.82) is 0 Å². The third-order valence-electron chi connectivity index (χ3n) is 18.5. The maximum absolute atomic E-state index is 11.7. The van der Waals surface area contributed by atoms with E-state index in [1.807, 2.05) is 48.5 Å². The summed E-state index contributed by atoms with van der Waals surface area (Å²) in [5.41, 5.74) is 13.7. The highest BCUT2D eigenvalue weighted by atomic mass is 35.5. The zero-order valence-electron chi connectivity index (χ0n) is 46.9. The second-order valence-electron chi connectivity index (χ2n) is 24.2. The quantitative estimate of drug-likeness (QED) is 0.0834. The number of carbonyl (C=O) groups is 2. The van der Waals surface area contributed by atoms with Crippen LogP contribution in [0.25, 0.3) is 0 Å². The van der Waals surface area contributed by atoms with Gasteiger partial charge in [-0.05, 0) is 146 Å². The standard InChI is InChI=1S/2C16H20ClNO2.2C15H22ClNO.2ClH/c2*1-10(2)13-14(18-15(19)20-13)16(8-3-9-16)11-4-6-12(17)7-5-11;2*1-10(2)13(18)14(17)15(8-3-9-15)11-4-6-12(16)7-5-11;;/h2*4-7,10,13-14H,3,8-9H2,1-2H3,(H,18,19);2*4-7,10,13-14,18H,3,8-9,17H2,1-2H3;2*1H/t13-,14+;13-,14-;13-,14+;13-,14-;;/m0101../s1. The van der Waals surface area contributed by atoms with Gasteiger partial charge in [0.15, 0.2) is 0 Å². The Kier molecular flexibility index (Phi) is 23.5. The van der Waals surface area contributed by atoms with Crippen LogP contribution in [-0.4, -0.2) is 71.0 Å². The fourth-order valence-corrected chi connectivity index (χ4v) is 13.6. The molecule has 0 unspecified atom stereocenters. The molecule has 16 heteroatoms. The van der Waals surface area contributed by atoms with Gasteiger partial charge < -0.3 is 66.6 Å². The molecule has 4 aliphatic carbocycles. The normalized spacial score (nSPS) is 24.2. The molecule has 2 aliphatic heterocycles. The average Bonchev–Trinajstić information content (AvgIpc) is 3.92. The molecular formula is C62H86Cl6N4O6. The van der Waals surface area contributed by atoms with Crippen LogP contribution >= 0.6 is 46.4 Å². The fraction of sp³-hybridized carbons (Fsp3) is 0.581. The Labute approximate surface area is 497 Å². The van der Waals surface area contributed by atoms with E-state index in [-0.39, 0.29) is 119 Å². The summed E-state index contributed by atoms with van der Waals surface area (Å²) in [6.45, 7) is 16.6. The van der Waals surface area contributed by atoms with Crippen LogP contribution in [0.1, 0.15) is 155 Å². The largest absolute Gasteiger partial charge is 1.00 e. The number of alkyl carbamates (subject to hydrolysis) is 2. The van der Waals surface area contributed by atoms with Gasteiger partial charge in [0.2, 0.25) is 0 Å². The fourth-order valence-electron chi connectivity index (χ4n) is 13.1. The van der Waals surface area contributed by atoms with Crippen LogP contribution in [0.2, 0.25) is 20.1 Å². The van der Waals surface area contributed by atoms with Crippen molar-refractivity contribution in [2.45, 2.75) is 203 Å². The first-order valence-corrected chi connectivity index (χ1v) is 29.5. The average molecular weight is 1200 g/mol. The predicted molar refractivity (Wildman–Crippen MR) is 307 cm³/mol. The number of cyclic esters (lactones) is 2. The first-order valence-electron chi connectivity index (χ1n) is 28.0. The number of amides is 2. The lowest BCUT2D eigenvalue weighted by atomic mass is 9.58. The molecule has 2 heterocycles. The summed E-state index contributed by atoms with van der Waals surface area (Å²) in [6, 6.07) is 32.4. The number of rotatable bonds is 14. The Morgan fingerprint density at radius 3 is 0.885 bits per heavy atom. The third kappa shape index (κ3) is 13.9. The number of ether oxygens (including phenoxy) is 2. The van der Waals surface area contributed by atoms with Gasteiger partial charge in [0.25, 0.3) is 0 Å². The van der Waals surface area contributed by atoms with Crippen LogP contribution in [0.4, 0.5) is 9.59 Å². The molecule has 2 saturated heterocycles. The lowest BCUT2D eigenvalue weighted by Crippen LogP contribution is -3.00. The van der Waals surface area contributed by atoms with Crippen molar-refractivity contribution in [2.24, 2.45) is 23.7 Å². The molecule has 4 aromatic carbocycles. The maximum Gasteiger partial charge on any atom is 0.407 e. The van der Waals surface area contributed by atoms with Crippen LogP contribution < -0.4 is 46.9 Å². The van der Waals surface area contributed by atoms with Crippen LogP contribution in [0.15, 0.2) is 97.1 Å². The van der Waals surface area contributed by atoms with Crippen LogP contribution in [-0.2, 0) is 31.1 Å². The molecular weight excluding hydrogens is 1110 g/mol. The Morgan fingerprint density at radius 2 is 0.692 bits per heavy atom. The summed E-state index contributed by atoms with van der Waals surface area (Å²) in [7, 11) is 0. The number of quaternary nitrogens is 2. The number of aliphatic hydroxyl groups is 2. The van der Waals surface area contributed by atoms with Gasteiger partial charge >= 0.3 is 12.2 Å². The summed E-state index contributed by atoms with van der Waals surface area (Å²) in [6.07, 6.45) is 12.3. The number of benzene rings is 4. The van der Waals surface area contributed by atoms with Crippen molar-refractivity contribution in [3.8, 4) is 0 Å². The number of carbonyl (C=O) groups excluding carboxylic acids is 2. The summed E-state index contributed by atoms with van der Waals surface area (Å²) in [4.78, 5) is 23.4. The number of hydrogen-bond acceptors (Lipinski definition) is 6. The highest BCUT2D eigenvalue weighted by Crippen LogP contribution is 2.52. The molecule has 10 nitrogen and oxygen atoms in total. The number of hydrogen-bond donors (Lipinski definition) is 6. The SMILES string of the molecule is CC(C)[C@@H](O)[C@@H]([NH3+])C1(c2ccc(Cl)cc2)CCC1.CC(C)[C@@H]1OC(=O)N[C@H]1C1(c2ccc(Cl)cc2)CCC1.CC(C)[C@H](O)[C@@H]([NH3+])C1(c2ccc(Cl)cc2)CCC1.CC(C)[C@H]1OC(=O)N[C@H]1C1(c2ccc(Cl)cc2)CCC1.[Cl-].[Cl-]. The van der Waals surface area contributed by atoms with E-state index >= 15 is 0 Å². The molecule has 4 aromatic rings. The van der Waals surface area contributed by atoms with Crippen LogP contribution in [0.5, 0.6) is 0 Å². The summed E-state index contributed by atoms with van der Waals surface area (Å²) >= 11 is 23.9. The zero-order valence-corrected chi connectivity index (χ0v) is 51.4. The molecule has 10 rings (SSSR count). The van der Waals surface area contributed by atoms with Crippen molar-refractivity contribution in [3.63, 3.8) is 0 Å². The molecule has 0 aromatic heterocycles. The molecule has 0 radical (unpaired) electrons. The molecule has 8 atom stereocenters. The molecule has 6 fully saturated rings. The maximum atomic E-state index is 11.7. The van der Waals surface area contributed by atoms with E-state index in [2.05, 4.69) is 126 Å². The lowest BCUT2D eigenvalue weighted by Gasteiger charge is -2.48. The van der Waals surface area contributed by atoms with Crippen molar-refractivity contribution in [2.75, 3.05) is 0 Å². The number of nitrogens with one attached hydrogen (secondary N) is 2. The zero-order chi connectivity index (χ0) is 55.3. The van der Waals surface area contributed by atoms with Crippen molar-refractivity contribution < 1.29 is 65.6 Å². The minimum atomic E-state index is -0.346. The molecule has 6 aliphatic rings. The van der Waals surface area contributed by atoms with E-state index in [1.165, 1.54) is 47.9 Å². The molecule has 0 spiro atoms. The van der Waals surface area contributed by atoms with E-state index in [9.17, 15) is 19.8 Å². The Balaban J connectivity index is 0.000000190. The third-order valence-corrected chi connectivity index (χ3v) is 19.5. The predicted octanol–water partition coefficient (Wildman–Crippen LogP) is 6.58. The smallest absolute Gasteiger partial charge is 0.407 e. The van der Waals surface area contributed by atoms with Gasteiger partial charge in [-0.25, -0.2) is 9.59 Å². The highest BCUT2D eigenvalue weighted by Gasteiger charge is 2.56. The Hall–Kier alpha value is -3.00. The molecule has 10 N–H and O–H groups in total. The first kappa shape index (κ1) is 65.8. The number of halogens is 6. The van der Waals surface area contributed by atoms with Gasteiger partial charge in [-0.1, -0.05) is 176 Å². The van der Waals surface area contributed by atoms with Gasteiger partial charge in [0.1, 0.15) is 36.5 Å². The van der Waals surface area contributed by atoms with Crippen molar-refractivity contribution in [1.82, 2.24) is 10.6 Å².